The van der Waals surface area contributed by atoms with E-state index < -0.39 is 41.2 Å². The highest BCUT2D eigenvalue weighted by Crippen LogP contribution is 2.38. The molecule has 4 rings (SSSR count). The van der Waals surface area contributed by atoms with Gasteiger partial charge in [-0.05, 0) is 55.0 Å². The fraction of sp³-hybridized carbons (Fsp3) is 0.519. The predicted molar refractivity (Wildman–Crippen MR) is 148 cm³/mol. The summed E-state index contributed by atoms with van der Waals surface area (Å²) in [5.74, 6) is -0.940. The first-order valence-corrected chi connectivity index (χ1v) is 14.3. The highest BCUT2D eigenvalue weighted by molar-refractivity contribution is 7.18. The summed E-state index contributed by atoms with van der Waals surface area (Å²) < 4.78 is 47.9. The molecule has 8 nitrogen and oxygen atoms in total. The van der Waals surface area contributed by atoms with E-state index in [1.54, 1.807) is 12.1 Å². The highest BCUT2D eigenvalue weighted by atomic mass is 35.5. The lowest BCUT2D eigenvalue weighted by Crippen LogP contribution is -2.52. The Kier molecular flexibility index (Phi) is 9.76. The van der Waals surface area contributed by atoms with Gasteiger partial charge >= 0.3 is 6.18 Å². The molecule has 1 saturated carbocycles. The molecule has 2 aromatic rings. The van der Waals surface area contributed by atoms with Crippen LogP contribution in [0.15, 0.2) is 30.3 Å². The maximum absolute atomic E-state index is 14.1. The highest BCUT2D eigenvalue weighted by Gasteiger charge is 2.37. The molecular formula is C27H32ClF3N4O4S. The Bertz CT molecular complexity index is 1230. The van der Waals surface area contributed by atoms with Crippen LogP contribution in [0, 0.1) is 11.8 Å². The molecule has 40 heavy (non-hydrogen) atoms. The summed E-state index contributed by atoms with van der Waals surface area (Å²) in [6, 6.07) is 5.66. The second kappa shape index (κ2) is 12.9. The van der Waals surface area contributed by atoms with E-state index in [0.717, 1.165) is 36.3 Å². The van der Waals surface area contributed by atoms with Crippen LogP contribution in [0.1, 0.15) is 41.9 Å². The third kappa shape index (κ3) is 7.96. The third-order valence-corrected chi connectivity index (χ3v) is 7.88. The third-order valence-electron chi connectivity index (χ3n) is 6.65. The zero-order chi connectivity index (χ0) is 29.0. The molecule has 1 aromatic carbocycles. The van der Waals surface area contributed by atoms with Crippen molar-refractivity contribution in [2.45, 2.75) is 38.9 Å². The Balaban J connectivity index is 1.59. The van der Waals surface area contributed by atoms with Gasteiger partial charge in [0.25, 0.3) is 11.8 Å². The summed E-state index contributed by atoms with van der Waals surface area (Å²) in [5, 5.41) is 5.24. The van der Waals surface area contributed by atoms with E-state index in [1.165, 1.54) is 11.0 Å². The summed E-state index contributed by atoms with van der Waals surface area (Å²) in [5.41, 5.74) is -1.40. The van der Waals surface area contributed by atoms with Gasteiger partial charge in [0.15, 0.2) is 0 Å². The standard InChI is InChI=1S/C27H32ClF3N4O4S/c1-16(2)13-34(14-17-3-4-17)21(12-32-26(38)22-7-8-23(28)40-22)25(37)33-20-6-5-18(11-19(20)27(29,30)31)35-9-10-39-15-24(35)36/h5-8,11,16-17,21H,3-4,9-10,12-15H2,1-2H3,(H,32,38)(H,33,37)/t21-/m1/s1. The lowest BCUT2D eigenvalue weighted by Gasteiger charge is -2.33. The Labute approximate surface area is 239 Å². The fourth-order valence-electron chi connectivity index (χ4n) is 4.58. The van der Waals surface area contributed by atoms with Gasteiger partial charge in [-0.2, -0.15) is 13.2 Å². The number of nitrogens with zero attached hydrogens (tertiary/aromatic N) is 2. The molecule has 13 heteroatoms. The molecule has 1 aliphatic heterocycles. The minimum absolute atomic E-state index is 0.0761. The van der Waals surface area contributed by atoms with E-state index in [9.17, 15) is 27.6 Å². The normalized spacial score (nSPS) is 16.9. The lowest BCUT2D eigenvalue weighted by molar-refractivity contribution is -0.137. The van der Waals surface area contributed by atoms with Crippen molar-refractivity contribution in [3.05, 3.63) is 45.1 Å². The van der Waals surface area contributed by atoms with Crippen molar-refractivity contribution in [2.75, 3.05) is 49.6 Å². The molecule has 0 unspecified atom stereocenters. The van der Waals surface area contributed by atoms with E-state index >= 15 is 0 Å². The molecule has 3 amide bonds. The van der Waals surface area contributed by atoms with Crippen LogP contribution in [-0.2, 0) is 20.5 Å². The van der Waals surface area contributed by atoms with Gasteiger partial charge in [-0.3, -0.25) is 19.3 Å². The molecule has 0 bridgehead atoms. The van der Waals surface area contributed by atoms with Gasteiger partial charge in [0.1, 0.15) is 12.6 Å². The summed E-state index contributed by atoms with van der Waals surface area (Å²) in [6.45, 7) is 5.15. The molecule has 2 N–H and O–H groups in total. The van der Waals surface area contributed by atoms with Crippen LogP contribution in [0.4, 0.5) is 24.5 Å². The van der Waals surface area contributed by atoms with Gasteiger partial charge in [0, 0.05) is 31.9 Å². The number of rotatable bonds is 11. The molecule has 0 radical (unpaired) electrons. The monoisotopic (exact) mass is 600 g/mol. The van der Waals surface area contributed by atoms with E-state index in [4.69, 9.17) is 16.3 Å². The molecule has 218 valence electrons. The average molecular weight is 601 g/mol. The average Bonchev–Trinajstić information content (AvgIpc) is 3.59. The van der Waals surface area contributed by atoms with E-state index in [-0.39, 0.29) is 37.9 Å². The van der Waals surface area contributed by atoms with Crippen molar-refractivity contribution in [1.29, 1.82) is 0 Å². The van der Waals surface area contributed by atoms with Gasteiger partial charge in [-0.1, -0.05) is 25.4 Å². The molecule has 2 fully saturated rings. The molecule has 1 atom stereocenters. The maximum atomic E-state index is 14.1. The molecule has 1 saturated heterocycles. The largest absolute Gasteiger partial charge is 0.418 e. The quantitative estimate of drug-likeness (QED) is 0.383. The first kappa shape index (κ1) is 30.3. The minimum Gasteiger partial charge on any atom is -0.370 e. The van der Waals surface area contributed by atoms with Gasteiger partial charge in [0.05, 0.1) is 27.1 Å². The number of nitrogens with one attached hydrogen (secondary N) is 2. The van der Waals surface area contributed by atoms with Crippen molar-refractivity contribution >= 4 is 52.0 Å². The zero-order valence-electron chi connectivity index (χ0n) is 22.2. The van der Waals surface area contributed by atoms with Crippen molar-refractivity contribution in [1.82, 2.24) is 10.2 Å². The van der Waals surface area contributed by atoms with E-state index in [0.29, 0.717) is 28.2 Å². The van der Waals surface area contributed by atoms with Gasteiger partial charge in [-0.15, -0.1) is 11.3 Å². The minimum atomic E-state index is -4.79. The zero-order valence-corrected chi connectivity index (χ0v) is 23.8. The molecule has 1 aliphatic carbocycles. The second-order valence-corrected chi connectivity index (χ2v) is 12.2. The Morgan fingerprint density at radius 3 is 2.58 bits per heavy atom. The number of carbonyl (C=O) groups is 3. The maximum Gasteiger partial charge on any atom is 0.418 e. The number of anilines is 2. The first-order chi connectivity index (χ1) is 18.9. The molecule has 2 aliphatic rings. The number of alkyl halides is 3. The molecule has 2 heterocycles. The van der Waals surface area contributed by atoms with Crippen LogP contribution < -0.4 is 15.5 Å². The lowest BCUT2D eigenvalue weighted by atomic mass is 10.1. The van der Waals surface area contributed by atoms with E-state index in [2.05, 4.69) is 10.6 Å². The Morgan fingerprint density at radius 2 is 1.98 bits per heavy atom. The van der Waals surface area contributed by atoms with Crippen molar-refractivity contribution in [3.8, 4) is 0 Å². The Morgan fingerprint density at radius 1 is 1.23 bits per heavy atom. The molecular weight excluding hydrogens is 569 g/mol. The summed E-state index contributed by atoms with van der Waals surface area (Å²) in [7, 11) is 0. The van der Waals surface area contributed by atoms with Crippen LogP contribution in [0.5, 0.6) is 0 Å². The van der Waals surface area contributed by atoms with Gasteiger partial charge < -0.3 is 20.3 Å². The number of amides is 3. The van der Waals surface area contributed by atoms with E-state index in [1.807, 2.05) is 18.7 Å². The first-order valence-electron chi connectivity index (χ1n) is 13.1. The number of ether oxygens (including phenoxy) is 1. The van der Waals surface area contributed by atoms with Crippen LogP contribution >= 0.6 is 22.9 Å². The van der Waals surface area contributed by atoms with Crippen LogP contribution in [0.2, 0.25) is 4.34 Å². The summed E-state index contributed by atoms with van der Waals surface area (Å²) in [6.07, 6.45) is -2.76. The number of hydrogen-bond donors (Lipinski definition) is 2. The van der Waals surface area contributed by atoms with Gasteiger partial charge in [0.2, 0.25) is 5.91 Å². The number of thiophene rings is 1. The number of halogens is 4. The fourth-order valence-corrected chi connectivity index (χ4v) is 5.54. The number of hydrogen-bond acceptors (Lipinski definition) is 6. The van der Waals surface area contributed by atoms with Crippen LogP contribution in [0.25, 0.3) is 0 Å². The molecule has 0 spiro atoms. The van der Waals surface area contributed by atoms with Crippen LogP contribution in [0.3, 0.4) is 0 Å². The van der Waals surface area contributed by atoms with Crippen molar-refractivity contribution in [3.63, 3.8) is 0 Å². The number of morpholine rings is 1. The summed E-state index contributed by atoms with van der Waals surface area (Å²) in [4.78, 5) is 42.1. The SMILES string of the molecule is CC(C)CN(CC1CC1)[C@H](CNC(=O)c1ccc(Cl)s1)C(=O)Nc1ccc(N2CCOCC2=O)cc1C(F)(F)F. The Hall–Kier alpha value is -2.67. The topological polar surface area (TPSA) is 91.0 Å². The predicted octanol–water partition coefficient (Wildman–Crippen LogP) is 4.89. The van der Waals surface area contributed by atoms with Crippen molar-refractivity contribution < 1.29 is 32.3 Å². The van der Waals surface area contributed by atoms with Crippen molar-refractivity contribution in [2.24, 2.45) is 11.8 Å². The van der Waals surface area contributed by atoms with Gasteiger partial charge in [-0.25, -0.2) is 0 Å². The number of carbonyl (C=O) groups excluding carboxylic acids is 3. The second-order valence-electron chi connectivity index (χ2n) is 10.4. The number of benzene rings is 1. The van der Waals surface area contributed by atoms with Crippen LogP contribution in [-0.4, -0.2) is 68.1 Å². The molecule has 1 aromatic heterocycles. The smallest absolute Gasteiger partial charge is 0.370 e. The summed E-state index contributed by atoms with van der Waals surface area (Å²) >= 11 is 7.04.